The fraction of sp³-hybridized carbons (Fsp3) is 0.526. The molecule has 0 atom stereocenters. The van der Waals surface area contributed by atoms with E-state index >= 15 is 0 Å². The minimum atomic E-state index is 0.113. The average molecular weight is 330 g/mol. The normalized spacial score (nSPS) is 16.0. The van der Waals surface area contributed by atoms with Crippen molar-refractivity contribution in [1.82, 2.24) is 9.47 Å². The van der Waals surface area contributed by atoms with Crippen LogP contribution in [-0.2, 0) is 11.3 Å². The van der Waals surface area contributed by atoms with E-state index in [2.05, 4.69) is 23.6 Å². The number of carbonyl (C=O) groups excluding carboxylic acids is 1. The number of aliphatic hydroxyl groups is 1. The molecular weight excluding hydrogens is 304 g/mol. The fourth-order valence-electron chi connectivity index (χ4n) is 3.43. The predicted octanol–water partition coefficient (Wildman–Crippen LogP) is 2.66. The van der Waals surface area contributed by atoms with E-state index in [0.717, 1.165) is 49.1 Å². The molecule has 0 aliphatic carbocycles. The highest BCUT2D eigenvalue weighted by atomic mass is 16.5. The first-order chi connectivity index (χ1) is 11.7. The Bertz CT molecular complexity index is 687. The quantitative estimate of drug-likeness (QED) is 0.829. The van der Waals surface area contributed by atoms with Gasteiger partial charge in [-0.3, -0.25) is 4.79 Å². The van der Waals surface area contributed by atoms with Gasteiger partial charge >= 0.3 is 0 Å². The molecule has 1 aliphatic rings. The van der Waals surface area contributed by atoms with E-state index in [0.29, 0.717) is 13.0 Å². The van der Waals surface area contributed by atoms with Crippen molar-refractivity contribution in [3.05, 3.63) is 36.0 Å². The van der Waals surface area contributed by atoms with Crippen LogP contribution in [0.15, 0.2) is 30.3 Å². The molecule has 0 spiro atoms. The standard InChI is InChI=1S/C19H26N2O3/c1-2-21-17-7-4-3-6-15(17)14-18(21)19(23)20-10-8-16(9-11-20)24-13-5-12-22/h3-4,6-7,14,16,22H,2,5,8-13H2,1H3. The van der Waals surface area contributed by atoms with Crippen molar-refractivity contribution in [1.29, 1.82) is 0 Å². The van der Waals surface area contributed by atoms with Gasteiger partial charge in [0, 0.05) is 43.8 Å². The monoisotopic (exact) mass is 330 g/mol. The highest BCUT2D eigenvalue weighted by molar-refractivity contribution is 5.98. The maximum absolute atomic E-state index is 12.9. The van der Waals surface area contributed by atoms with E-state index in [9.17, 15) is 4.79 Å². The molecule has 1 aliphatic heterocycles. The lowest BCUT2D eigenvalue weighted by Gasteiger charge is -2.32. The topological polar surface area (TPSA) is 54.7 Å². The summed E-state index contributed by atoms with van der Waals surface area (Å²) >= 11 is 0. The molecule has 130 valence electrons. The number of aryl methyl sites for hydroxylation is 1. The van der Waals surface area contributed by atoms with Gasteiger partial charge in [0.2, 0.25) is 0 Å². The summed E-state index contributed by atoms with van der Waals surface area (Å²) in [6, 6.07) is 10.1. The summed E-state index contributed by atoms with van der Waals surface area (Å²) in [7, 11) is 0. The van der Waals surface area contributed by atoms with E-state index in [1.165, 1.54) is 0 Å². The van der Waals surface area contributed by atoms with Crippen molar-refractivity contribution in [2.75, 3.05) is 26.3 Å². The molecule has 1 saturated heterocycles. The van der Waals surface area contributed by atoms with Gasteiger partial charge in [0.1, 0.15) is 5.69 Å². The Morgan fingerprint density at radius 1 is 1.29 bits per heavy atom. The largest absolute Gasteiger partial charge is 0.396 e. The second kappa shape index (κ2) is 7.81. The Kier molecular flexibility index (Phi) is 5.53. The third-order valence-corrected chi connectivity index (χ3v) is 4.73. The van der Waals surface area contributed by atoms with Crippen LogP contribution in [0, 0.1) is 0 Å². The first kappa shape index (κ1) is 17.0. The van der Waals surface area contributed by atoms with Gasteiger partial charge in [-0.05, 0) is 38.3 Å². The SMILES string of the molecule is CCn1c(C(=O)N2CCC(OCCCO)CC2)cc2ccccc21. The number of hydrogen-bond donors (Lipinski definition) is 1. The van der Waals surface area contributed by atoms with Gasteiger partial charge in [-0.15, -0.1) is 0 Å². The van der Waals surface area contributed by atoms with Crippen LogP contribution in [0.25, 0.3) is 10.9 Å². The second-order valence-corrected chi connectivity index (χ2v) is 6.27. The number of amides is 1. The fourth-order valence-corrected chi connectivity index (χ4v) is 3.43. The summed E-state index contributed by atoms with van der Waals surface area (Å²) in [5.74, 6) is 0.113. The van der Waals surface area contributed by atoms with Crippen LogP contribution in [0.3, 0.4) is 0 Å². The zero-order valence-corrected chi connectivity index (χ0v) is 14.3. The molecule has 1 aromatic heterocycles. The van der Waals surface area contributed by atoms with E-state index in [4.69, 9.17) is 9.84 Å². The molecule has 0 bridgehead atoms. The van der Waals surface area contributed by atoms with Gasteiger partial charge in [0.05, 0.1) is 6.10 Å². The summed E-state index contributed by atoms with van der Waals surface area (Å²) in [5.41, 5.74) is 1.89. The molecule has 5 heteroatoms. The number of piperidine rings is 1. The Morgan fingerprint density at radius 3 is 2.75 bits per heavy atom. The number of para-hydroxylation sites is 1. The van der Waals surface area contributed by atoms with Crippen molar-refractivity contribution >= 4 is 16.8 Å². The molecule has 24 heavy (non-hydrogen) atoms. The van der Waals surface area contributed by atoms with Gasteiger partial charge in [-0.2, -0.15) is 0 Å². The van der Waals surface area contributed by atoms with Gasteiger partial charge in [0.25, 0.3) is 5.91 Å². The van der Waals surface area contributed by atoms with Crippen molar-refractivity contribution in [3.8, 4) is 0 Å². The number of carbonyl (C=O) groups is 1. The predicted molar refractivity (Wildman–Crippen MR) is 94.2 cm³/mol. The molecule has 1 fully saturated rings. The second-order valence-electron chi connectivity index (χ2n) is 6.27. The third-order valence-electron chi connectivity index (χ3n) is 4.73. The highest BCUT2D eigenvalue weighted by Gasteiger charge is 2.26. The van der Waals surface area contributed by atoms with E-state index in [1.54, 1.807) is 0 Å². The smallest absolute Gasteiger partial charge is 0.270 e. The molecule has 3 rings (SSSR count). The molecule has 2 aromatic rings. The van der Waals surface area contributed by atoms with Crippen LogP contribution in [0.1, 0.15) is 36.7 Å². The third kappa shape index (κ3) is 3.47. The number of hydrogen-bond acceptors (Lipinski definition) is 3. The maximum atomic E-state index is 12.9. The number of aromatic nitrogens is 1. The van der Waals surface area contributed by atoms with Crippen LogP contribution in [0.2, 0.25) is 0 Å². The molecule has 1 amide bonds. The van der Waals surface area contributed by atoms with Gasteiger partial charge in [0.15, 0.2) is 0 Å². The van der Waals surface area contributed by atoms with Crippen molar-refractivity contribution in [2.45, 2.75) is 38.8 Å². The Morgan fingerprint density at radius 2 is 2.04 bits per heavy atom. The molecule has 1 aromatic carbocycles. The number of fused-ring (bicyclic) bond motifs is 1. The van der Waals surface area contributed by atoms with Crippen LogP contribution in [0.5, 0.6) is 0 Å². The number of benzene rings is 1. The lowest BCUT2D eigenvalue weighted by Crippen LogP contribution is -2.41. The first-order valence-corrected chi connectivity index (χ1v) is 8.84. The summed E-state index contributed by atoms with van der Waals surface area (Å²) in [5, 5.41) is 9.93. The Labute approximate surface area is 142 Å². The molecular formula is C19H26N2O3. The Balaban J connectivity index is 1.67. The molecule has 0 radical (unpaired) electrons. The van der Waals surface area contributed by atoms with Crippen molar-refractivity contribution in [3.63, 3.8) is 0 Å². The number of nitrogens with zero attached hydrogens (tertiary/aromatic N) is 2. The summed E-state index contributed by atoms with van der Waals surface area (Å²) in [4.78, 5) is 14.9. The van der Waals surface area contributed by atoms with E-state index in [1.807, 2.05) is 23.1 Å². The molecule has 5 nitrogen and oxygen atoms in total. The average Bonchev–Trinajstić information content (AvgIpc) is 3.00. The van der Waals surface area contributed by atoms with Crippen LogP contribution < -0.4 is 0 Å². The lowest BCUT2D eigenvalue weighted by atomic mass is 10.1. The van der Waals surface area contributed by atoms with Gasteiger partial charge < -0.3 is 19.3 Å². The zero-order chi connectivity index (χ0) is 16.9. The Hall–Kier alpha value is -1.85. The minimum absolute atomic E-state index is 0.113. The molecule has 0 unspecified atom stereocenters. The highest BCUT2D eigenvalue weighted by Crippen LogP contribution is 2.23. The van der Waals surface area contributed by atoms with Crippen LogP contribution in [-0.4, -0.2) is 52.9 Å². The molecule has 0 saturated carbocycles. The summed E-state index contributed by atoms with van der Waals surface area (Å²) < 4.78 is 7.85. The van der Waals surface area contributed by atoms with Crippen molar-refractivity contribution in [2.24, 2.45) is 0 Å². The summed E-state index contributed by atoms with van der Waals surface area (Å²) in [6.45, 7) is 5.08. The maximum Gasteiger partial charge on any atom is 0.270 e. The number of rotatable bonds is 6. The van der Waals surface area contributed by atoms with E-state index < -0.39 is 0 Å². The number of likely N-dealkylation sites (tertiary alicyclic amines) is 1. The summed E-state index contributed by atoms with van der Waals surface area (Å²) in [6.07, 6.45) is 2.61. The number of ether oxygens (including phenoxy) is 1. The lowest BCUT2D eigenvalue weighted by molar-refractivity contribution is 0.00375. The van der Waals surface area contributed by atoms with Gasteiger partial charge in [-0.25, -0.2) is 0 Å². The number of aliphatic hydroxyl groups excluding tert-OH is 1. The van der Waals surface area contributed by atoms with Crippen LogP contribution >= 0.6 is 0 Å². The van der Waals surface area contributed by atoms with Crippen molar-refractivity contribution < 1.29 is 14.6 Å². The van der Waals surface area contributed by atoms with Gasteiger partial charge in [-0.1, -0.05) is 18.2 Å². The molecule has 2 heterocycles. The molecule has 1 N–H and O–H groups in total. The van der Waals surface area contributed by atoms with E-state index in [-0.39, 0.29) is 18.6 Å². The zero-order valence-electron chi connectivity index (χ0n) is 14.3. The first-order valence-electron chi connectivity index (χ1n) is 8.84. The minimum Gasteiger partial charge on any atom is -0.396 e. The van der Waals surface area contributed by atoms with Crippen LogP contribution in [0.4, 0.5) is 0 Å².